The Balaban J connectivity index is 1.70. The molecule has 1 heterocycles. The van der Waals surface area contributed by atoms with E-state index in [4.69, 9.17) is 9.84 Å². The third-order valence-corrected chi connectivity index (χ3v) is 5.50. The van der Waals surface area contributed by atoms with Gasteiger partial charge in [-0.3, -0.25) is 9.59 Å². The molecule has 3 fully saturated rings. The maximum Gasteiger partial charge on any atom is 0.306 e. The SMILES string of the molecule is CC1(C)CN(C(=O)[C@@H]2CC[C@H](C(=O)O)C2)CC2(CCCC2)O1. The van der Waals surface area contributed by atoms with Gasteiger partial charge in [0.25, 0.3) is 0 Å². The molecule has 2 aliphatic carbocycles. The second-order valence-electron chi connectivity index (χ2n) is 7.99. The molecule has 5 heteroatoms. The average Bonchev–Trinajstić information content (AvgIpc) is 3.05. The van der Waals surface area contributed by atoms with Gasteiger partial charge < -0.3 is 14.7 Å². The highest BCUT2D eigenvalue weighted by Crippen LogP contribution is 2.42. The molecule has 124 valence electrons. The maximum atomic E-state index is 12.9. The van der Waals surface area contributed by atoms with Crippen LogP contribution in [0, 0.1) is 11.8 Å². The number of aliphatic carboxylic acids is 1. The van der Waals surface area contributed by atoms with Crippen LogP contribution >= 0.6 is 0 Å². The normalized spacial score (nSPS) is 33.3. The van der Waals surface area contributed by atoms with E-state index in [0.29, 0.717) is 32.4 Å². The number of morpholine rings is 1. The van der Waals surface area contributed by atoms with E-state index in [9.17, 15) is 9.59 Å². The summed E-state index contributed by atoms with van der Waals surface area (Å²) in [6.07, 6.45) is 6.24. The Hall–Kier alpha value is -1.10. The molecular formula is C17H27NO4. The van der Waals surface area contributed by atoms with E-state index in [0.717, 1.165) is 12.8 Å². The van der Waals surface area contributed by atoms with Crippen LogP contribution in [-0.4, -0.2) is 46.2 Å². The molecule has 3 aliphatic rings. The smallest absolute Gasteiger partial charge is 0.306 e. The fraction of sp³-hybridized carbons (Fsp3) is 0.882. The molecular weight excluding hydrogens is 282 g/mol. The summed E-state index contributed by atoms with van der Waals surface area (Å²) in [6.45, 7) is 5.41. The highest BCUT2D eigenvalue weighted by Gasteiger charge is 2.48. The predicted octanol–water partition coefficient (Wildman–Crippen LogP) is 2.44. The number of hydrogen-bond donors (Lipinski definition) is 1. The van der Waals surface area contributed by atoms with E-state index >= 15 is 0 Å². The molecule has 5 nitrogen and oxygen atoms in total. The highest BCUT2D eigenvalue weighted by molar-refractivity contribution is 5.81. The van der Waals surface area contributed by atoms with Gasteiger partial charge in [0.15, 0.2) is 0 Å². The van der Waals surface area contributed by atoms with Crippen molar-refractivity contribution in [1.29, 1.82) is 0 Å². The molecule has 2 atom stereocenters. The minimum Gasteiger partial charge on any atom is -0.481 e. The summed E-state index contributed by atoms with van der Waals surface area (Å²) < 4.78 is 6.34. The van der Waals surface area contributed by atoms with Crippen LogP contribution in [0.25, 0.3) is 0 Å². The van der Waals surface area contributed by atoms with Gasteiger partial charge in [-0.2, -0.15) is 0 Å². The van der Waals surface area contributed by atoms with Crippen molar-refractivity contribution in [3.8, 4) is 0 Å². The molecule has 1 N–H and O–H groups in total. The van der Waals surface area contributed by atoms with Crippen LogP contribution in [0.3, 0.4) is 0 Å². The lowest BCUT2D eigenvalue weighted by atomic mass is 9.92. The number of rotatable bonds is 2. The van der Waals surface area contributed by atoms with Crippen LogP contribution in [0.5, 0.6) is 0 Å². The van der Waals surface area contributed by atoms with Gasteiger partial charge in [0.2, 0.25) is 5.91 Å². The van der Waals surface area contributed by atoms with Gasteiger partial charge in [-0.05, 0) is 46.0 Å². The third kappa shape index (κ3) is 3.00. The molecule has 0 unspecified atom stereocenters. The third-order valence-electron chi connectivity index (χ3n) is 5.50. The molecule has 1 spiro atoms. The molecule has 22 heavy (non-hydrogen) atoms. The number of ether oxygens (including phenoxy) is 1. The average molecular weight is 309 g/mol. The largest absolute Gasteiger partial charge is 0.481 e. The van der Waals surface area contributed by atoms with E-state index < -0.39 is 5.97 Å². The monoisotopic (exact) mass is 309 g/mol. The van der Waals surface area contributed by atoms with Gasteiger partial charge in [-0.1, -0.05) is 12.8 Å². The van der Waals surface area contributed by atoms with Crippen molar-refractivity contribution in [3.05, 3.63) is 0 Å². The Bertz CT molecular complexity index is 467. The summed E-state index contributed by atoms with van der Waals surface area (Å²) in [5, 5.41) is 9.13. The number of carbonyl (C=O) groups is 2. The van der Waals surface area contributed by atoms with Crippen LogP contribution in [0.15, 0.2) is 0 Å². The second-order valence-corrected chi connectivity index (χ2v) is 7.99. The van der Waals surface area contributed by atoms with Crippen molar-refractivity contribution in [1.82, 2.24) is 4.90 Å². The topological polar surface area (TPSA) is 66.8 Å². The Morgan fingerprint density at radius 2 is 1.73 bits per heavy atom. The fourth-order valence-electron chi connectivity index (χ4n) is 4.64. The number of hydrogen-bond acceptors (Lipinski definition) is 3. The van der Waals surface area contributed by atoms with Crippen molar-refractivity contribution >= 4 is 11.9 Å². The van der Waals surface area contributed by atoms with Crippen LogP contribution in [0.1, 0.15) is 58.8 Å². The number of nitrogens with zero attached hydrogens (tertiary/aromatic N) is 1. The number of carboxylic acid groups (broad SMARTS) is 1. The summed E-state index contributed by atoms with van der Waals surface area (Å²) in [5.41, 5.74) is -0.481. The Morgan fingerprint density at radius 3 is 2.32 bits per heavy atom. The number of carboxylic acids is 1. The van der Waals surface area contributed by atoms with Gasteiger partial charge in [0, 0.05) is 19.0 Å². The predicted molar refractivity (Wildman–Crippen MR) is 81.4 cm³/mol. The lowest BCUT2D eigenvalue weighted by molar-refractivity contribution is -0.200. The lowest BCUT2D eigenvalue weighted by Crippen LogP contribution is -2.60. The van der Waals surface area contributed by atoms with E-state index in [1.807, 2.05) is 4.90 Å². The number of carbonyl (C=O) groups excluding carboxylic acids is 1. The standard InChI is InChI=1S/C17H27NO4/c1-16(2)10-18(11-17(22-16)7-3-4-8-17)14(19)12-5-6-13(9-12)15(20)21/h12-13H,3-11H2,1-2H3,(H,20,21)/t12-,13+/m1/s1. The first-order valence-electron chi connectivity index (χ1n) is 8.52. The van der Waals surface area contributed by atoms with E-state index in [1.165, 1.54) is 12.8 Å². The first-order chi connectivity index (χ1) is 10.3. The molecule has 1 aliphatic heterocycles. The van der Waals surface area contributed by atoms with Gasteiger partial charge in [0.05, 0.1) is 17.1 Å². The first kappa shape index (κ1) is 15.8. The summed E-state index contributed by atoms with van der Waals surface area (Å²) >= 11 is 0. The first-order valence-corrected chi connectivity index (χ1v) is 8.52. The van der Waals surface area contributed by atoms with Crippen LogP contribution < -0.4 is 0 Å². The fourth-order valence-corrected chi connectivity index (χ4v) is 4.64. The van der Waals surface area contributed by atoms with Crippen LogP contribution in [-0.2, 0) is 14.3 Å². The summed E-state index contributed by atoms with van der Waals surface area (Å²) in [4.78, 5) is 25.9. The number of amides is 1. The summed E-state index contributed by atoms with van der Waals surface area (Å²) in [6, 6.07) is 0. The summed E-state index contributed by atoms with van der Waals surface area (Å²) in [7, 11) is 0. The zero-order chi connectivity index (χ0) is 16.0. The lowest BCUT2D eigenvalue weighted by Gasteiger charge is -2.49. The van der Waals surface area contributed by atoms with Crippen molar-refractivity contribution in [3.63, 3.8) is 0 Å². The van der Waals surface area contributed by atoms with Gasteiger partial charge in [-0.25, -0.2) is 0 Å². The Kier molecular flexibility index (Phi) is 3.96. The van der Waals surface area contributed by atoms with E-state index in [-0.39, 0.29) is 28.9 Å². The van der Waals surface area contributed by atoms with Crippen LogP contribution in [0.4, 0.5) is 0 Å². The van der Waals surface area contributed by atoms with Gasteiger partial charge in [-0.15, -0.1) is 0 Å². The maximum absolute atomic E-state index is 12.9. The second kappa shape index (κ2) is 5.52. The molecule has 1 amide bonds. The summed E-state index contributed by atoms with van der Waals surface area (Å²) in [5.74, 6) is -1.08. The molecule has 0 bridgehead atoms. The molecule has 1 saturated heterocycles. The molecule has 3 rings (SSSR count). The van der Waals surface area contributed by atoms with Crippen molar-refractivity contribution in [2.75, 3.05) is 13.1 Å². The zero-order valence-electron chi connectivity index (χ0n) is 13.6. The Labute approximate surface area is 132 Å². The van der Waals surface area contributed by atoms with E-state index in [2.05, 4.69) is 13.8 Å². The molecule has 0 aromatic carbocycles. The van der Waals surface area contributed by atoms with Crippen LogP contribution in [0.2, 0.25) is 0 Å². The van der Waals surface area contributed by atoms with Gasteiger partial charge in [0.1, 0.15) is 0 Å². The minimum absolute atomic E-state index is 0.117. The van der Waals surface area contributed by atoms with E-state index in [1.54, 1.807) is 0 Å². The molecule has 0 aromatic heterocycles. The molecule has 2 saturated carbocycles. The van der Waals surface area contributed by atoms with Crippen molar-refractivity contribution < 1.29 is 19.4 Å². The van der Waals surface area contributed by atoms with Crippen molar-refractivity contribution in [2.24, 2.45) is 11.8 Å². The molecule has 0 aromatic rings. The quantitative estimate of drug-likeness (QED) is 0.851. The molecule has 0 radical (unpaired) electrons. The highest BCUT2D eigenvalue weighted by atomic mass is 16.5. The van der Waals surface area contributed by atoms with Crippen molar-refractivity contribution in [2.45, 2.75) is 70.0 Å². The van der Waals surface area contributed by atoms with Gasteiger partial charge >= 0.3 is 5.97 Å². The minimum atomic E-state index is -0.759. The Morgan fingerprint density at radius 1 is 1.09 bits per heavy atom. The zero-order valence-corrected chi connectivity index (χ0v) is 13.6.